The van der Waals surface area contributed by atoms with E-state index in [4.69, 9.17) is 14.2 Å². The zero-order chi connectivity index (χ0) is 50.0. The predicted octanol–water partition coefficient (Wildman–Crippen LogP) is 19.1. The molecule has 0 heterocycles. The number of hydrogen-bond donors (Lipinski definition) is 0. The lowest BCUT2D eigenvalue weighted by molar-refractivity contribution is -0.167. The van der Waals surface area contributed by atoms with Gasteiger partial charge in [0.1, 0.15) is 13.2 Å². The zero-order valence-electron chi connectivity index (χ0n) is 44.8. The number of rotatable bonds is 50. The van der Waals surface area contributed by atoms with Crippen LogP contribution in [0.3, 0.4) is 0 Å². The third kappa shape index (κ3) is 54.9. The number of carbonyl (C=O) groups excluding carboxylic acids is 3. The van der Waals surface area contributed by atoms with E-state index in [0.717, 1.165) is 135 Å². The molecule has 0 aliphatic heterocycles. The lowest BCUT2D eigenvalue weighted by Gasteiger charge is -2.18. The number of carbonyl (C=O) groups is 3. The van der Waals surface area contributed by atoms with Crippen LogP contribution in [-0.2, 0) is 28.6 Å². The third-order valence-electron chi connectivity index (χ3n) is 11.7. The number of esters is 3. The van der Waals surface area contributed by atoms with Gasteiger partial charge in [-0.05, 0) is 128 Å². The molecule has 6 nitrogen and oxygen atoms in total. The van der Waals surface area contributed by atoms with E-state index in [0.29, 0.717) is 19.3 Å². The van der Waals surface area contributed by atoms with Crippen molar-refractivity contribution in [3.63, 3.8) is 0 Å². The van der Waals surface area contributed by atoms with E-state index >= 15 is 0 Å². The molecule has 0 unspecified atom stereocenters. The summed E-state index contributed by atoms with van der Waals surface area (Å²) in [6.07, 6.45) is 76.4. The Morgan fingerprint density at radius 3 is 0.899 bits per heavy atom. The zero-order valence-corrected chi connectivity index (χ0v) is 44.8. The highest BCUT2D eigenvalue weighted by Gasteiger charge is 2.19. The van der Waals surface area contributed by atoms with Crippen LogP contribution >= 0.6 is 0 Å². The van der Waals surface area contributed by atoms with Gasteiger partial charge in [0.15, 0.2) is 6.10 Å². The molecule has 0 aromatic heterocycles. The first-order valence-electron chi connectivity index (χ1n) is 28.4. The summed E-state index contributed by atoms with van der Waals surface area (Å²) in [5, 5.41) is 0. The number of allylic oxidation sites excluding steroid dienone is 18. The van der Waals surface area contributed by atoms with Crippen LogP contribution in [0.5, 0.6) is 0 Å². The van der Waals surface area contributed by atoms with Crippen molar-refractivity contribution in [2.75, 3.05) is 13.2 Å². The largest absolute Gasteiger partial charge is 0.462 e. The SMILES string of the molecule is CC/C=C/C/C=C/C/C=C/CCCCCCCC(=O)OC[C@H](COC(=O)CCCCC/C=C/C/C=C/C/C=C/C/C=C/CCCCC)OC(=O)CCCCCCCCC/C=C/C/C=C/CCCCC. The Morgan fingerprint density at radius 2 is 0.565 bits per heavy atom. The van der Waals surface area contributed by atoms with Crippen molar-refractivity contribution in [2.45, 2.75) is 258 Å². The molecule has 392 valence electrons. The van der Waals surface area contributed by atoms with Gasteiger partial charge >= 0.3 is 17.9 Å². The van der Waals surface area contributed by atoms with E-state index in [-0.39, 0.29) is 31.1 Å². The quantitative estimate of drug-likeness (QED) is 0.0262. The number of hydrogen-bond acceptors (Lipinski definition) is 6. The fourth-order valence-corrected chi connectivity index (χ4v) is 7.47. The minimum absolute atomic E-state index is 0.102. The Kier molecular flexibility index (Phi) is 53.4. The van der Waals surface area contributed by atoms with E-state index < -0.39 is 6.10 Å². The van der Waals surface area contributed by atoms with Crippen molar-refractivity contribution in [3.8, 4) is 0 Å². The monoisotopic (exact) mass is 957 g/mol. The van der Waals surface area contributed by atoms with Crippen molar-refractivity contribution in [1.82, 2.24) is 0 Å². The minimum Gasteiger partial charge on any atom is -0.462 e. The second-order valence-corrected chi connectivity index (χ2v) is 18.5. The van der Waals surface area contributed by atoms with Gasteiger partial charge in [-0.2, -0.15) is 0 Å². The first-order valence-corrected chi connectivity index (χ1v) is 28.4. The fourth-order valence-electron chi connectivity index (χ4n) is 7.47. The second kappa shape index (κ2) is 56.7. The van der Waals surface area contributed by atoms with E-state index in [2.05, 4.69) is 130 Å². The van der Waals surface area contributed by atoms with Gasteiger partial charge in [0.25, 0.3) is 0 Å². The van der Waals surface area contributed by atoms with Crippen LogP contribution in [0.15, 0.2) is 109 Å². The number of ether oxygens (including phenoxy) is 3. The van der Waals surface area contributed by atoms with Crippen LogP contribution in [0.25, 0.3) is 0 Å². The molecule has 6 heteroatoms. The van der Waals surface area contributed by atoms with Crippen LogP contribution in [0.4, 0.5) is 0 Å². The molecule has 0 aliphatic carbocycles. The van der Waals surface area contributed by atoms with Gasteiger partial charge in [-0.25, -0.2) is 0 Å². The molecule has 0 N–H and O–H groups in total. The highest BCUT2D eigenvalue weighted by atomic mass is 16.6. The van der Waals surface area contributed by atoms with Crippen LogP contribution in [0.1, 0.15) is 252 Å². The summed E-state index contributed by atoms with van der Waals surface area (Å²) in [5.74, 6) is -0.957. The molecule has 1 atom stereocenters. The molecule has 0 saturated carbocycles. The molecule has 0 rings (SSSR count). The highest BCUT2D eigenvalue weighted by Crippen LogP contribution is 2.14. The summed E-state index contributed by atoms with van der Waals surface area (Å²) in [7, 11) is 0. The number of unbranched alkanes of at least 4 members (excludes halogenated alkanes) is 21. The standard InChI is InChI=1S/C63H104O6/c1-4-7-10-13-16-19-22-25-28-30-31-33-35-38-41-44-47-50-53-56-62(65)68-59-60(58-67-61(64)55-52-49-46-43-40-37-34-27-24-21-18-15-12-9-6-3)69-63(66)57-54-51-48-45-42-39-36-32-29-26-23-20-17-14-11-8-5-2/h9,12,16-21,25-29,31,33-34,38,41,60H,4-8,10-11,13-15,22-24,30,32,35-37,39-40,42-59H2,1-3H3/b12-9+,19-16+,20-17+,21-18+,28-25+,29-26+,33-31+,34-27+,41-38+/t60-/m1/s1. The summed E-state index contributed by atoms with van der Waals surface area (Å²) in [6, 6.07) is 0. The topological polar surface area (TPSA) is 78.9 Å². The average Bonchev–Trinajstić information content (AvgIpc) is 3.35. The second-order valence-electron chi connectivity index (χ2n) is 18.5. The van der Waals surface area contributed by atoms with Crippen LogP contribution < -0.4 is 0 Å². The molecule has 0 bridgehead atoms. The normalized spacial score (nSPS) is 12.9. The maximum Gasteiger partial charge on any atom is 0.306 e. The summed E-state index contributed by atoms with van der Waals surface area (Å²) in [5.41, 5.74) is 0. The molecule has 0 radical (unpaired) electrons. The van der Waals surface area contributed by atoms with Crippen molar-refractivity contribution in [2.24, 2.45) is 0 Å². The predicted molar refractivity (Wildman–Crippen MR) is 297 cm³/mol. The average molecular weight is 958 g/mol. The van der Waals surface area contributed by atoms with Gasteiger partial charge in [-0.3, -0.25) is 14.4 Å². The van der Waals surface area contributed by atoms with Gasteiger partial charge in [-0.15, -0.1) is 0 Å². The molecule has 0 amide bonds. The third-order valence-corrected chi connectivity index (χ3v) is 11.7. The Morgan fingerprint density at radius 1 is 0.304 bits per heavy atom. The highest BCUT2D eigenvalue weighted by molar-refractivity contribution is 5.71. The summed E-state index contributed by atoms with van der Waals surface area (Å²) < 4.78 is 16.8. The van der Waals surface area contributed by atoms with Gasteiger partial charge in [0, 0.05) is 19.3 Å². The van der Waals surface area contributed by atoms with Gasteiger partial charge in [-0.1, -0.05) is 214 Å². The Labute approximate surface area is 425 Å². The minimum atomic E-state index is -0.805. The lowest BCUT2D eigenvalue weighted by atomic mass is 10.1. The van der Waals surface area contributed by atoms with Crippen LogP contribution in [0, 0.1) is 0 Å². The molecule has 0 spiro atoms. The first-order chi connectivity index (χ1) is 34.0. The lowest BCUT2D eigenvalue weighted by Crippen LogP contribution is -2.30. The van der Waals surface area contributed by atoms with E-state index in [9.17, 15) is 14.4 Å². The first kappa shape index (κ1) is 65.1. The van der Waals surface area contributed by atoms with Crippen LogP contribution in [-0.4, -0.2) is 37.2 Å². The Bertz CT molecular complexity index is 1420. The molecule has 0 aromatic carbocycles. The summed E-state index contributed by atoms with van der Waals surface area (Å²) in [4.78, 5) is 38.2. The molecular weight excluding hydrogens is 853 g/mol. The smallest absolute Gasteiger partial charge is 0.306 e. The maximum atomic E-state index is 12.9. The van der Waals surface area contributed by atoms with E-state index in [1.165, 1.54) is 77.0 Å². The molecule has 69 heavy (non-hydrogen) atoms. The van der Waals surface area contributed by atoms with Crippen molar-refractivity contribution < 1.29 is 28.6 Å². The molecule has 0 saturated heterocycles. The Hall–Kier alpha value is -3.93. The van der Waals surface area contributed by atoms with Crippen molar-refractivity contribution in [1.29, 1.82) is 0 Å². The fraction of sp³-hybridized carbons (Fsp3) is 0.667. The summed E-state index contributed by atoms with van der Waals surface area (Å²) in [6.45, 7) is 6.42. The maximum absolute atomic E-state index is 12.9. The Balaban J connectivity index is 4.50. The van der Waals surface area contributed by atoms with Crippen molar-refractivity contribution >= 4 is 17.9 Å². The molecule has 0 aliphatic rings. The molecule has 0 fully saturated rings. The summed E-state index contributed by atoms with van der Waals surface area (Å²) >= 11 is 0. The van der Waals surface area contributed by atoms with Gasteiger partial charge < -0.3 is 14.2 Å². The van der Waals surface area contributed by atoms with Gasteiger partial charge in [0.2, 0.25) is 0 Å². The molecule has 0 aromatic rings. The van der Waals surface area contributed by atoms with Crippen molar-refractivity contribution in [3.05, 3.63) is 109 Å². The van der Waals surface area contributed by atoms with Crippen LogP contribution in [0.2, 0.25) is 0 Å². The van der Waals surface area contributed by atoms with Gasteiger partial charge in [0.05, 0.1) is 0 Å². The van der Waals surface area contributed by atoms with E-state index in [1.54, 1.807) is 0 Å². The van der Waals surface area contributed by atoms with E-state index in [1.807, 2.05) is 0 Å². The molecular formula is C63H104O6.